The molecule has 5 nitrogen and oxygen atoms in total. The molecule has 0 unspecified atom stereocenters. The predicted molar refractivity (Wildman–Crippen MR) is 80.5 cm³/mol. The van der Waals surface area contributed by atoms with E-state index in [1.807, 2.05) is 55.6 Å². The van der Waals surface area contributed by atoms with E-state index in [1.54, 1.807) is 16.9 Å². The van der Waals surface area contributed by atoms with Crippen molar-refractivity contribution < 1.29 is 4.79 Å². The van der Waals surface area contributed by atoms with Gasteiger partial charge < -0.3 is 5.32 Å². The minimum atomic E-state index is -0.238. The Bertz CT molecular complexity index is 765. The zero-order valence-corrected chi connectivity index (χ0v) is 11.5. The van der Waals surface area contributed by atoms with Crippen LogP contribution in [0.1, 0.15) is 16.2 Å². The van der Waals surface area contributed by atoms with Crippen LogP contribution in [0.5, 0.6) is 0 Å². The molecule has 21 heavy (non-hydrogen) atoms. The molecular weight excluding hydrogens is 264 g/mol. The van der Waals surface area contributed by atoms with Crippen LogP contribution in [-0.2, 0) is 0 Å². The molecule has 1 aromatic carbocycles. The number of carbonyl (C=O) groups excluding carboxylic acids is 1. The van der Waals surface area contributed by atoms with Gasteiger partial charge in [-0.3, -0.25) is 4.79 Å². The van der Waals surface area contributed by atoms with E-state index in [1.165, 1.54) is 0 Å². The third-order valence-electron chi connectivity index (χ3n) is 3.02. The number of amides is 1. The van der Waals surface area contributed by atoms with Gasteiger partial charge in [0.15, 0.2) is 0 Å². The second-order valence-corrected chi connectivity index (χ2v) is 4.59. The summed E-state index contributed by atoms with van der Waals surface area (Å²) in [6.07, 6.45) is 3.52. The van der Waals surface area contributed by atoms with Crippen LogP contribution in [0, 0.1) is 6.92 Å². The number of anilines is 1. The van der Waals surface area contributed by atoms with Gasteiger partial charge in [0, 0.05) is 18.1 Å². The van der Waals surface area contributed by atoms with Gasteiger partial charge in [0.25, 0.3) is 5.91 Å². The van der Waals surface area contributed by atoms with Crippen molar-refractivity contribution in [1.29, 1.82) is 0 Å². The number of nitrogens with zero attached hydrogens (tertiary/aromatic N) is 3. The third kappa shape index (κ3) is 2.81. The van der Waals surface area contributed by atoms with Crippen LogP contribution < -0.4 is 5.32 Å². The molecule has 0 spiro atoms. The van der Waals surface area contributed by atoms with Crippen molar-refractivity contribution in [3.63, 3.8) is 0 Å². The van der Waals surface area contributed by atoms with Gasteiger partial charge in [-0.15, -0.1) is 0 Å². The fourth-order valence-electron chi connectivity index (χ4n) is 2.05. The first-order valence-corrected chi connectivity index (χ1v) is 6.58. The van der Waals surface area contributed by atoms with Crippen LogP contribution >= 0.6 is 0 Å². The molecule has 0 aliphatic heterocycles. The molecule has 0 aliphatic carbocycles. The Kier molecular flexibility index (Phi) is 3.47. The quantitative estimate of drug-likeness (QED) is 0.801. The van der Waals surface area contributed by atoms with Crippen molar-refractivity contribution in [2.24, 2.45) is 0 Å². The Morgan fingerprint density at radius 1 is 1.10 bits per heavy atom. The molecule has 3 aromatic rings. The Labute approximate surface area is 122 Å². The summed E-state index contributed by atoms with van der Waals surface area (Å²) in [7, 11) is 0. The second-order valence-electron chi connectivity index (χ2n) is 4.59. The fourth-order valence-corrected chi connectivity index (χ4v) is 2.05. The highest BCUT2D eigenvalue weighted by Crippen LogP contribution is 2.19. The number of aromatic nitrogens is 3. The molecule has 5 heteroatoms. The lowest BCUT2D eigenvalue weighted by atomic mass is 10.2. The molecule has 0 bridgehead atoms. The first kappa shape index (κ1) is 13.1. The number of hydrogen-bond acceptors (Lipinski definition) is 3. The van der Waals surface area contributed by atoms with Gasteiger partial charge in [0.05, 0.1) is 11.4 Å². The molecule has 0 saturated carbocycles. The number of benzene rings is 1. The van der Waals surface area contributed by atoms with Crippen molar-refractivity contribution in [2.45, 2.75) is 6.92 Å². The molecule has 2 aromatic heterocycles. The number of pyridine rings is 1. The standard InChI is InChI=1S/C16H14N4O/c1-12-6-4-8-14(18-12)16(21)19-13-7-2-3-9-15(13)20-11-5-10-17-20/h2-11H,1H3,(H,19,21). The van der Waals surface area contributed by atoms with Crippen molar-refractivity contribution in [2.75, 3.05) is 5.32 Å². The fraction of sp³-hybridized carbons (Fsp3) is 0.0625. The van der Waals surface area contributed by atoms with Crippen LogP contribution in [-0.4, -0.2) is 20.7 Å². The van der Waals surface area contributed by atoms with Gasteiger partial charge >= 0.3 is 0 Å². The van der Waals surface area contributed by atoms with E-state index in [2.05, 4.69) is 15.4 Å². The molecule has 0 radical (unpaired) electrons. The summed E-state index contributed by atoms with van der Waals surface area (Å²) in [6, 6.07) is 14.7. The number of rotatable bonds is 3. The van der Waals surface area contributed by atoms with Gasteiger partial charge in [-0.25, -0.2) is 9.67 Å². The largest absolute Gasteiger partial charge is 0.319 e. The lowest BCUT2D eigenvalue weighted by Gasteiger charge is -2.10. The summed E-state index contributed by atoms with van der Waals surface area (Å²) in [4.78, 5) is 16.5. The monoisotopic (exact) mass is 278 g/mol. The zero-order valence-electron chi connectivity index (χ0n) is 11.5. The summed E-state index contributed by atoms with van der Waals surface area (Å²) in [6.45, 7) is 1.86. The smallest absolute Gasteiger partial charge is 0.274 e. The van der Waals surface area contributed by atoms with Crippen molar-refractivity contribution in [3.8, 4) is 5.69 Å². The molecule has 0 fully saturated rings. The molecule has 1 N–H and O–H groups in total. The summed E-state index contributed by atoms with van der Waals surface area (Å²) >= 11 is 0. The first-order chi connectivity index (χ1) is 10.2. The minimum absolute atomic E-state index is 0.238. The maximum Gasteiger partial charge on any atom is 0.274 e. The van der Waals surface area contributed by atoms with Crippen LogP contribution in [0.4, 0.5) is 5.69 Å². The van der Waals surface area contributed by atoms with E-state index in [-0.39, 0.29) is 5.91 Å². The first-order valence-electron chi connectivity index (χ1n) is 6.58. The molecule has 3 rings (SSSR count). The Balaban J connectivity index is 1.90. The minimum Gasteiger partial charge on any atom is -0.319 e. The zero-order chi connectivity index (χ0) is 14.7. The van der Waals surface area contributed by atoms with Gasteiger partial charge in [-0.2, -0.15) is 5.10 Å². The highest BCUT2D eigenvalue weighted by molar-refractivity contribution is 6.03. The maximum atomic E-state index is 12.3. The molecule has 0 saturated heterocycles. The van der Waals surface area contributed by atoms with Crippen molar-refractivity contribution in [1.82, 2.24) is 14.8 Å². The average molecular weight is 278 g/mol. The third-order valence-corrected chi connectivity index (χ3v) is 3.02. The normalized spacial score (nSPS) is 10.3. The summed E-state index contributed by atoms with van der Waals surface area (Å²) in [5, 5.41) is 7.07. The highest BCUT2D eigenvalue weighted by atomic mass is 16.1. The van der Waals surface area contributed by atoms with Crippen molar-refractivity contribution in [3.05, 3.63) is 72.3 Å². The summed E-state index contributed by atoms with van der Waals surface area (Å²) in [5.74, 6) is -0.238. The lowest BCUT2D eigenvalue weighted by molar-refractivity contribution is 0.102. The molecular formula is C16H14N4O. The Hall–Kier alpha value is -2.95. The Morgan fingerprint density at radius 2 is 1.95 bits per heavy atom. The van der Waals surface area contributed by atoms with Crippen LogP contribution in [0.15, 0.2) is 60.9 Å². The van der Waals surface area contributed by atoms with Crippen LogP contribution in [0.25, 0.3) is 5.69 Å². The van der Waals surface area contributed by atoms with E-state index in [0.29, 0.717) is 11.4 Å². The van der Waals surface area contributed by atoms with E-state index in [0.717, 1.165) is 11.4 Å². The molecule has 104 valence electrons. The average Bonchev–Trinajstić information content (AvgIpc) is 3.02. The molecule has 0 aliphatic rings. The van der Waals surface area contributed by atoms with Gasteiger partial charge in [0.2, 0.25) is 0 Å². The van der Waals surface area contributed by atoms with Crippen molar-refractivity contribution >= 4 is 11.6 Å². The van der Waals surface area contributed by atoms with E-state index in [9.17, 15) is 4.79 Å². The van der Waals surface area contributed by atoms with Gasteiger partial charge in [-0.1, -0.05) is 18.2 Å². The number of hydrogen-bond donors (Lipinski definition) is 1. The topological polar surface area (TPSA) is 59.8 Å². The van der Waals surface area contributed by atoms with E-state index < -0.39 is 0 Å². The predicted octanol–water partition coefficient (Wildman–Crippen LogP) is 2.83. The highest BCUT2D eigenvalue weighted by Gasteiger charge is 2.11. The summed E-state index contributed by atoms with van der Waals surface area (Å²) < 4.78 is 1.71. The number of carbonyl (C=O) groups is 1. The second kappa shape index (κ2) is 5.58. The van der Waals surface area contributed by atoms with Crippen LogP contribution in [0.2, 0.25) is 0 Å². The molecule has 1 amide bonds. The van der Waals surface area contributed by atoms with Gasteiger partial charge in [-0.05, 0) is 37.3 Å². The van der Waals surface area contributed by atoms with Gasteiger partial charge in [0.1, 0.15) is 5.69 Å². The van der Waals surface area contributed by atoms with E-state index in [4.69, 9.17) is 0 Å². The number of para-hydroxylation sites is 2. The summed E-state index contributed by atoms with van der Waals surface area (Å²) in [5.41, 5.74) is 2.70. The van der Waals surface area contributed by atoms with Crippen LogP contribution in [0.3, 0.4) is 0 Å². The molecule has 0 atom stereocenters. The lowest BCUT2D eigenvalue weighted by Crippen LogP contribution is -2.15. The maximum absolute atomic E-state index is 12.3. The SMILES string of the molecule is Cc1cccc(C(=O)Nc2ccccc2-n2cccn2)n1. The number of nitrogens with one attached hydrogen (secondary N) is 1. The van der Waals surface area contributed by atoms with E-state index >= 15 is 0 Å². The number of aryl methyl sites for hydroxylation is 1. The molecule has 2 heterocycles. The Morgan fingerprint density at radius 3 is 2.71 bits per heavy atom.